The van der Waals surface area contributed by atoms with Crippen molar-refractivity contribution >= 4 is 15.9 Å². The summed E-state index contributed by atoms with van der Waals surface area (Å²) in [6.45, 7) is 8.58. The van der Waals surface area contributed by atoms with Crippen LogP contribution in [0.4, 0.5) is 4.39 Å². The van der Waals surface area contributed by atoms with E-state index in [1.54, 1.807) is 6.07 Å². The van der Waals surface area contributed by atoms with E-state index in [-0.39, 0.29) is 22.6 Å². The average Bonchev–Trinajstić information content (AvgIpc) is 2.72. The summed E-state index contributed by atoms with van der Waals surface area (Å²) in [5, 5.41) is 10.6. The number of hydrogen-bond acceptors (Lipinski definition) is 2. The highest BCUT2D eigenvalue weighted by molar-refractivity contribution is 9.10. The molecule has 0 bridgehead atoms. The highest BCUT2D eigenvalue weighted by Crippen LogP contribution is 2.72. The number of aliphatic hydroxyl groups excluding tert-OH is 1. The van der Waals surface area contributed by atoms with Gasteiger partial charge in [0, 0.05) is 17.5 Å². The third-order valence-corrected chi connectivity index (χ3v) is 5.65. The second-order valence-corrected chi connectivity index (χ2v) is 7.23. The molecule has 2 nitrogen and oxygen atoms in total. The third kappa shape index (κ3) is 2.09. The van der Waals surface area contributed by atoms with Crippen LogP contribution in [0, 0.1) is 22.6 Å². The Hall–Kier alpha value is -0.610. The molecule has 4 heteroatoms. The molecule has 1 fully saturated rings. The van der Waals surface area contributed by atoms with Crippen molar-refractivity contribution < 1.29 is 14.2 Å². The number of benzene rings is 1. The zero-order chi connectivity index (χ0) is 14.6. The van der Waals surface area contributed by atoms with Crippen LogP contribution in [0.15, 0.2) is 16.6 Å². The number of halogens is 2. The van der Waals surface area contributed by atoms with Gasteiger partial charge in [-0.15, -0.1) is 0 Å². The molecular weight excluding hydrogens is 311 g/mol. The molecule has 1 aliphatic carbocycles. The maximum Gasteiger partial charge on any atom is 0.141 e. The van der Waals surface area contributed by atoms with Crippen LogP contribution in [0.25, 0.3) is 0 Å². The van der Waals surface area contributed by atoms with E-state index in [0.717, 1.165) is 0 Å². The average molecular weight is 331 g/mol. The fourth-order valence-corrected chi connectivity index (χ4v) is 3.53. The van der Waals surface area contributed by atoms with E-state index in [1.165, 1.54) is 13.2 Å². The van der Waals surface area contributed by atoms with E-state index in [2.05, 4.69) is 43.6 Å². The lowest BCUT2D eigenvalue weighted by atomic mass is 9.98. The SMILES string of the molecule is COc1cc(F)c(Br)cc1C(O)C1C(C)(C)C1(C)C. The van der Waals surface area contributed by atoms with Crippen molar-refractivity contribution in [2.45, 2.75) is 33.8 Å². The standard InChI is InChI=1S/C15H20BrFO2/c1-14(2)13(15(14,3)4)12(18)8-6-9(16)10(17)7-11(8)19-5/h6-7,12-13,18H,1-5H3. The van der Waals surface area contributed by atoms with Gasteiger partial charge < -0.3 is 9.84 Å². The summed E-state index contributed by atoms with van der Waals surface area (Å²) in [4.78, 5) is 0. The van der Waals surface area contributed by atoms with E-state index >= 15 is 0 Å². The quantitative estimate of drug-likeness (QED) is 0.894. The molecule has 106 valence electrons. The molecule has 0 amide bonds. The summed E-state index contributed by atoms with van der Waals surface area (Å²) < 4.78 is 19.1. The third-order valence-electron chi connectivity index (χ3n) is 5.04. The van der Waals surface area contributed by atoms with Gasteiger partial charge in [-0.05, 0) is 32.8 Å². The minimum Gasteiger partial charge on any atom is -0.496 e. The molecule has 1 unspecified atom stereocenters. The smallest absolute Gasteiger partial charge is 0.141 e. The molecule has 0 aromatic heterocycles. The zero-order valence-electron chi connectivity index (χ0n) is 11.9. The summed E-state index contributed by atoms with van der Waals surface area (Å²) in [6, 6.07) is 2.92. The molecule has 1 aliphatic rings. The van der Waals surface area contributed by atoms with Crippen molar-refractivity contribution in [1.82, 2.24) is 0 Å². The Morgan fingerprint density at radius 1 is 1.26 bits per heavy atom. The molecular formula is C15H20BrFO2. The monoisotopic (exact) mass is 330 g/mol. The Balaban J connectivity index is 2.41. The lowest BCUT2D eigenvalue weighted by Gasteiger charge is -2.17. The van der Waals surface area contributed by atoms with Crippen LogP contribution in [0.3, 0.4) is 0 Å². The highest BCUT2D eigenvalue weighted by atomic mass is 79.9. The topological polar surface area (TPSA) is 29.5 Å². The fourth-order valence-electron chi connectivity index (χ4n) is 3.17. The first-order valence-corrected chi connectivity index (χ1v) is 7.15. The largest absolute Gasteiger partial charge is 0.496 e. The van der Waals surface area contributed by atoms with E-state index in [1.807, 2.05) is 0 Å². The molecule has 1 saturated carbocycles. The van der Waals surface area contributed by atoms with E-state index in [0.29, 0.717) is 15.8 Å². The van der Waals surface area contributed by atoms with Gasteiger partial charge in [-0.1, -0.05) is 27.7 Å². The molecule has 1 atom stereocenters. The Morgan fingerprint density at radius 3 is 2.21 bits per heavy atom. The number of ether oxygens (including phenoxy) is 1. The molecule has 19 heavy (non-hydrogen) atoms. The summed E-state index contributed by atoms with van der Waals surface area (Å²) in [7, 11) is 1.49. The Bertz CT molecular complexity index is 497. The van der Waals surface area contributed by atoms with Crippen LogP contribution >= 0.6 is 15.9 Å². The minimum absolute atomic E-state index is 0.0539. The Labute approximate surface area is 122 Å². The van der Waals surface area contributed by atoms with Gasteiger partial charge in [0.2, 0.25) is 0 Å². The second kappa shape index (κ2) is 4.45. The molecule has 1 aromatic carbocycles. The predicted octanol–water partition coefficient (Wildman–Crippen LogP) is 4.31. The zero-order valence-corrected chi connectivity index (χ0v) is 13.5. The second-order valence-electron chi connectivity index (χ2n) is 6.37. The van der Waals surface area contributed by atoms with Crippen LogP contribution in [-0.4, -0.2) is 12.2 Å². The molecule has 1 aromatic rings. The van der Waals surface area contributed by atoms with Crippen LogP contribution in [0.5, 0.6) is 5.75 Å². The van der Waals surface area contributed by atoms with Crippen LogP contribution in [-0.2, 0) is 0 Å². The number of aliphatic hydroxyl groups is 1. The lowest BCUT2D eigenvalue weighted by molar-refractivity contribution is 0.127. The van der Waals surface area contributed by atoms with Crippen LogP contribution in [0.2, 0.25) is 0 Å². The van der Waals surface area contributed by atoms with Gasteiger partial charge in [0.1, 0.15) is 11.6 Å². The number of methoxy groups -OCH3 is 1. The normalized spacial score (nSPS) is 22.1. The first-order chi connectivity index (χ1) is 8.64. The van der Waals surface area contributed by atoms with E-state index in [9.17, 15) is 9.50 Å². The molecule has 2 rings (SSSR count). The molecule has 0 spiro atoms. The summed E-state index contributed by atoms with van der Waals surface area (Å²) >= 11 is 3.16. The van der Waals surface area contributed by atoms with Crippen molar-refractivity contribution in [2.75, 3.05) is 7.11 Å². The highest BCUT2D eigenvalue weighted by Gasteiger charge is 2.67. The van der Waals surface area contributed by atoms with Gasteiger partial charge >= 0.3 is 0 Å². The molecule has 0 radical (unpaired) electrons. The maximum absolute atomic E-state index is 13.5. The van der Waals surface area contributed by atoms with Crippen molar-refractivity contribution in [3.63, 3.8) is 0 Å². The van der Waals surface area contributed by atoms with E-state index in [4.69, 9.17) is 4.74 Å². The first-order valence-electron chi connectivity index (χ1n) is 6.35. The van der Waals surface area contributed by atoms with Gasteiger partial charge in [0.25, 0.3) is 0 Å². The van der Waals surface area contributed by atoms with Gasteiger partial charge in [0.05, 0.1) is 17.7 Å². The Morgan fingerprint density at radius 2 is 1.79 bits per heavy atom. The van der Waals surface area contributed by atoms with Crippen LogP contribution in [0.1, 0.15) is 39.4 Å². The van der Waals surface area contributed by atoms with Gasteiger partial charge in [-0.3, -0.25) is 0 Å². The summed E-state index contributed by atoms with van der Waals surface area (Å²) in [5.74, 6) is 0.139. The van der Waals surface area contributed by atoms with Crippen molar-refractivity contribution in [3.8, 4) is 5.75 Å². The molecule has 0 aliphatic heterocycles. The van der Waals surface area contributed by atoms with Gasteiger partial charge in [-0.25, -0.2) is 4.39 Å². The van der Waals surface area contributed by atoms with Crippen molar-refractivity contribution in [2.24, 2.45) is 16.7 Å². The van der Waals surface area contributed by atoms with Gasteiger partial charge in [0.15, 0.2) is 0 Å². The molecule has 1 N–H and O–H groups in total. The van der Waals surface area contributed by atoms with Crippen molar-refractivity contribution in [3.05, 3.63) is 28.0 Å². The minimum atomic E-state index is -0.656. The predicted molar refractivity (Wildman–Crippen MR) is 76.7 cm³/mol. The van der Waals surface area contributed by atoms with Crippen molar-refractivity contribution in [1.29, 1.82) is 0 Å². The van der Waals surface area contributed by atoms with Crippen LogP contribution < -0.4 is 4.74 Å². The first kappa shape index (κ1) is 14.8. The summed E-state index contributed by atoms with van der Waals surface area (Å²) in [5.41, 5.74) is 0.746. The molecule has 0 saturated heterocycles. The summed E-state index contributed by atoms with van der Waals surface area (Å²) in [6.07, 6.45) is -0.656. The van der Waals surface area contributed by atoms with E-state index < -0.39 is 6.10 Å². The molecule has 0 heterocycles. The number of hydrogen-bond donors (Lipinski definition) is 1. The van der Waals surface area contributed by atoms with Gasteiger partial charge in [-0.2, -0.15) is 0 Å². The lowest BCUT2D eigenvalue weighted by Crippen LogP contribution is -2.08. The number of rotatable bonds is 3. The fraction of sp³-hybridized carbons (Fsp3) is 0.600. The maximum atomic E-state index is 13.5. The Kier molecular flexibility index (Phi) is 3.47.